The highest BCUT2D eigenvalue weighted by Gasteiger charge is 2.42. The molecule has 70 valence electrons. The lowest BCUT2D eigenvalue weighted by Crippen LogP contribution is -2.54. The summed E-state index contributed by atoms with van der Waals surface area (Å²) >= 11 is 0. The summed E-state index contributed by atoms with van der Waals surface area (Å²) in [6, 6.07) is 0. The van der Waals surface area contributed by atoms with Crippen LogP contribution in [-0.2, 0) is 4.74 Å². The van der Waals surface area contributed by atoms with E-state index in [1.807, 2.05) is 0 Å². The highest BCUT2D eigenvalue weighted by molar-refractivity contribution is 4.93. The molecule has 0 aromatic heterocycles. The van der Waals surface area contributed by atoms with E-state index in [0.29, 0.717) is 5.41 Å². The van der Waals surface area contributed by atoms with E-state index >= 15 is 0 Å². The molecule has 2 heteroatoms. The van der Waals surface area contributed by atoms with Crippen molar-refractivity contribution in [2.75, 3.05) is 26.3 Å². The van der Waals surface area contributed by atoms with Crippen LogP contribution >= 0.6 is 0 Å². The van der Waals surface area contributed by atoms with Crippen molar-refractivity contribution >= 4 is 0 Å². The van der Waals surface area contributed by atoms with Gasteiger partial charge in [0, 0.05) is 18.5 Å². The molecule has 2 nitrogen and oxygen atoms in total. The molecule has 2 saturated heterocycles. The molecule has 12 heavy (non-hydrogen) atoms. The molecular weight excluding hydrogens is 150 g/mol. The van der Waals surface area contributed by atoms with Crippen LogP contribution < -0.4 is 5.32 Å². The fourth-order valence-corrected chi connectivity index (χ4v) is 2.51. The third-order valence-electron chi connectivity index (χ3n) is 3.57. The Labute approximate surface area is 74.7 Å². The molecular formula is C10H19NO. The summed E-state index contributed by atoms with van der Waals surface area (Å²) in [7, 11) is 0. The highest BCUT2D eigenvalue weighted by atomic mass is 16.5. The largest absolute Gasteiger partial charge is 0.380 e. The predicted octanol–water partition coefficient (Wildman–Crippen LogP) is 1.27. The molecule has 0 amide bonds. The van der Waals surface area contributed by atoms with Gasteiger partial charge in [0.2, 0.25) is 0 Å². The Morgan fingerprint density at radius 3 is 3.00 bits per heavy atom. The zero-order chi connectivity index (χ0) is 8.60. The molecule has 0 saturated carbocycles. The lowest BCUT2D eigenvalue weighted by atomic mass is 9.68. The average molecular weight is 169 g/mol. The van der Waals surface area contributed by atoms with Crippen LogP contribution in [0.5, 0.6) is 0 Å². The van der Waals surface area contributed by atoms with Crippen molar-refractivity contribution in [3.8, 4) is 0 Å². The summed E-state index contributed by atoms with van der Waals surface area (Å²) in [4.78, 5) is 0. The number of ether oxygens (including phenoxy) is 1. The second-order valence-electron chi connectivity index (χ2n) is 4.73. The molecule has 2 aliphatic rings. The van der Waals surface area contributed by atoms with Crippen molar-refractivity contribution in [3.05, 3.63) is 0 Å². The maximum atomic E-state index is 5.66. The highest BCUT2D eigenvalue weighted by Crippen LogP contribution is 2.40. The van der Waals surface area contributed by atoms with Crippen molar-refractivity contribution in [3.63, 3.8) is 0 Å². The lowest BCUT2D eigenvalue weighted by Gasteiger charge is -2.47. The van der Waals surface area contributed by atoms with E-state index in [1.54, 1.807) is 0 Å². The van der Waals surface area contributed by atoms with Gasteiger partial charge in [-0.25, -0.2) is 0 Å². The zero-order valence-electron chi connectivity index (χ0n) is 8.10. The van der Waals surface area contributed by atoms with E-state index in [-0.39, 0.29) is 0 Å². The quantitative estimate of drug-likeness (QED) is 0.638. The smallest absolute Gasteiger partial charge is 0.0537 e. The zero-order valence-corrected chi connectivity index (χ0v) is 8.10. The van der Waals surface area contributed by atoms with E-state index < -0.39 is 0 Å². The van der Waals surface area contributed by atoms with Gasteiger partial charge in [0.25, 0.3) is 0 Å². The molecule has 2 bridgehead atoms. The number of nitrogens with one attached hydrogen (secondary N) is 1. The topological polar surface area (TPSA) is 21.3 Å². The van der Waals surface area contributed by atoms with Crippen LogP contribution in [0.3, 0.4) is 0 Å². The first-order chi connectivity index (χ1) is 5.73. The van der Waals surface area contributed by atoms with Crippen LogP contribution in [0, 0.1) is 17.3 Å². The van der Waals surface area contributed by atoms with Crippen LogP contribution in [0.2, 0.25) is 0 Å². The Hall–Kier alpha value is -0.0800. The lowest BCUT2D eigenvalue weighted by molar-refractivity contribution is -0.0821. The van der Waals surface area contributed by atoms with E-state index in [0.717, 1.165) is 38.1 Å². The molecule has 0 radical (unpaired) electrons. The molecule has 2 unspecified atom stereocenters. The molecule has 0 aliphatic carbocycles. The minimum absolute atomic E-state index is 0.446. The van der Waals surface area contributed by atoms with Gasteiger partial charge in [0.15, 0.2) is 0 Å². The van der Waals surface area contributed by atoms with Crippen molar-refractivity contribution in [1.29, 1.82) is 0 Å². The van der Waals surface area contributed by atoms with Gasteiger partial charge in [0.05, 0.1) is 13.2 Å². The van der Waals surface area contributed by atoms with Crippen LogP contribution in [-0.4, -0.2) is 26.3 Å². The maximum absolute atomic E-state index is 5.66. The van der Waals surface area contributed by atoms with Gasteiger partial charge in [-0.2, -0.15) is 0 Å². The Bertz CT molecular complexity index is 157. The third kappa shape index (κ3) is 1.27. The third-order valence-corrected chi connectivity index (χ3v) is 3.57. The molecule has 2 atom stereocenters. The summed E-state index contributed by atoms with van der Waals surface area (Å²) in [5.41, 5.74) is 0.446. The summed E-state index contributed by atoms with van der Waals surface area (Å²) < 4.78 is 5.66. The summed E-state index contributed by atoms with van der Waals surface area (Å²) in [5.74, 6) is 1.52. The minimum Gasteiger partial charge on any atom is -0.380 e. The number of hydrogen-bond acceptors (Lipinski definition) is 2. The monoisotopic (exact) mass is 169 g/mol. The number of piperidine rings is 1. The second kappa shape index (κ2) is 3.00. The second-order valence-corrected chi connectivity index (χ2v) is 4.73. The van der Waals surface area contributed by atoms with Crippen molar-refractivity contribution < 1.29 is 4.74 Å². The number of rotatable bonds is 1. The van der Waals surface area contributed by atoms with E-state index in [9.17, 15) is 0 Å². The van der Waals surface area contributed by atoms with Gasteiger partial charge in [0.1, 0.15) is 0 Å². The van der Waals surface area contributed by atoms with Gasteiger partial charge in [-0.3, -0.25) is 0 Å². The Kier molecular flexibility index (Phi) is 2.13. The minimum atomic E-state index is 0.446. The number of hydrogen-bond donors (Lipinski definition) is 1. The van der Waals surface area contributed by atoms with Gasteiger partial charge in [-0.05, 0) is 18.3 Å². The Morgan fingerprint density at radius 2 is 2.33 bits per heavy atom. The van der Waals surface area contributed by atoms with Crippen molar-refractivity contribution in [1.82, 2.24) is 5.32 Å². The first kappa shape index (κ1) is 8.52. The fraction of sp³-hybridized carbons (Fsp3) is 1.00. The molecule has 0 aromatic carbocycles. The first-order valence-electron chi connectivity index (χ1n) is 5.01. The molecule has 2 heterocycles. The van der Waals surface area contributed by atoms with Gasteiger partial charge >= 0.3 is 0 Å². The van der Waals surface area contributed by atoms with E-state index in [2.05, 4.69) is 19.2 Å². The van der Waals surface area contributed by atoms with Gasteiger partial charge in [-0.1, -0.05) is 13.8 Å². The molecule has 2 aliphatic heterocycles. The van der Waals surface area contributed by atoms with Gasteiger partial charge < -0.3 is 10.1 Å². The summed E-state index contributed by atoms with van der Waals surface area (Å²) in [6.45, 7) is 8.89. The van der Waals surface area contributed by atoms with Gasteiger partial charge in [-0.15, -0.1) is 0 Å². The molecule has 2 fully saturated rings. The van der Waals surface area contributed by atoms with Crippen LogP contribution in [0.4, 0.5) is 0 Å². The Morgan fingerprint density at radius 1 is 1.50 bits per heavy atom. The van der Waals surface area contributed by atoms with E-state index in [4.69, 9.17) is 4.74 Å². The standard InChI is InChI=1S/C10H19NO/c1-8(2)10-3-9(4-11-6-10)5-12-7-10/h8-9,11H,3-7H2,1-2H3. The molecule has 1 N–H and O–H groups in total. The molecule has 0 spiro atoms. The molecule has 0 aromatic rings. The van der Waals surface area contributed by atoms with Crippen molar-refractivity contribution in [2.45, 2.75) is 20.3 Å². The maximum Gasteiger partial charge on any atom is 0.0537 e. The van der Waals surface area contributed by atoms with Crippen LogP contribution in [0.1, 0.15) is 20.3 Å². The fourth-order valence-electron chi connectivity index (χ4n) is 2.51. The average Bonchev–Trinajstić information content (AvgIpc) is 2.04. The first-order valence-corrected chi connectivity index (χ1v) is 5.01. The normalized spacial score (nSPS) is 41.8. The number of fused-ring (bicyclic) bond motifs is 2. The van der Waals surface area contributed by atoms with Crippen LogP contribution in [0.15, 0.2) is 0 Å². The summed E-state index contributed by atoms with van der Waals surface area (Å²) in [5, 5.41) is 3.53. The van der Waals surface area contributed by atoms with Crippen LogP contribution in [0.25, 0.3) is 0 Å². The summed E-state index contributed by atoms with van der Waals surface area (Å²) in [6.07, 6.45) is 1.37. The molecule has 2 rings (SSSR count). The van der Waals surface area contributed by atoms with Crippen molar-refractivity contribution in [2.24, 2.45) is 17.3 Å². The predicted molar refractivity (Wildman–Crippen MR) is 49.1 cm³/mol. The SMILES string of the molecule is CC(C)C12CNCC(COC1)C2. The Balaban J connectivity index is 2.12. The van der Waals surface area contributed by atoms with E-state index in [1.165, 1.54) is 6.42 Å².